The Labute approximate surface area is 120 Å². The first kappa shape index (κ1) is 14.5. The van der Waals surface area contributed by atoms with Crippen molar-refractivity contribution < 1.29 is 4.79 Å². The lowest BCUT2D eigenvalue weighted by Gasteiger charge is -2.31. The number of likely N-dealkylation sites (N-methyl/N-ethyl adjacent to an activating group) is 1. The summed E-state index contributed by atoms with van der Waals surface area (Å²) in [5, 5.41) is 0. The molecule has 0 atom stereocenters. The molecule has 0 spiro atoms. The first-order chi connectivity index (χ1) is 9.19. The van der Waals surface area contributed by atoms with Gasteiger partial charge in [0.05, 0.1) is 6.54 Å². The van der Waals surface area contributed by atoms with Crippen molar-refractivity contribution in [3.63, 3.8) is 0 Å². The maximum atomic E-state index is 12.2. The molecule has 0 aromatic heterocycles. The molecule has 3 nitrogen and oxygen atoms in total. The molecule has 0 bridgehead atoms. The summed E-state index contributed by atoms with van der Waals surface area (Å²) in [6.07, 6.45) is 0.856. The quantitative estimate of drug-likeness (QED) is 0.608. The third-order valence-electron chi connectivity index (χ3n) is 3.62. The van der Waals surface area contributed by atoms with Crippen LogP contribution in [0.2, 0.25) is 0 Å². The number of hydrogen-bond donors (Lipinski definition) is 0. The molecule has 1 saturated heterocycles. The van der Waals surface area contributed by atoms with E-state index in [0.29, 0.717) is 12.4 Å². The van der Waals surface area contributed by atoms with E-state index in [1.54, 1.807) is 0 Å². The first-order valence-electron chi connectivity index (χ1n) is 6.78. The minimum Gasteiger partial charge on any atom is -0.304 e. The number of carbonyl (C=O) groups excluding carboxylic acids is 1. The predicted octanol–water partition coefficient (Wildman–Crippen LogP) is 1.90. The van der Waals surface area contributed by atoms with Crippen LogP contribution in [-0.2, 0) is 6.42 Å². The molecule has 0 aliphatic carbocycles. The molecule has 0 saturated carbocycles. The number of nitrogens with zero attached hydrogens (tertiary/aromatic N) is 2. The number of piperazine rings is 1. The Morgan fingerprint density at radius 2 is 1.79 bits per heavy atom. The normalized spacial score (nSPS) is 17.6. The molecule has 0 N–H and O–H groups in total. The fourth-order valence-electron chi connectivity index (χ4n) is 2.27. The minimum absolute atomic E-state index is 0.210. The van der Waals surface area contributed by atoms with E-state index in [9.17, 15) is 4.79 Å². The van der Waals surface area contributed by atoms with E-state index in [4.69, 9.17) is 11.6 Å². The Balaban J connectivity index is 1.88. The second kappa shape index (κ2) is 7.04. The lowest BCUT2D eigenvalue weighted by molar-refractivity contribution is 0.0876. The molecule has 2 rings (SSSR count). The predicted molar refractivity (Wildman–Crippen MR) is 79.1 cm³/mol. The molecule has 4 heteroatoms. The largest absolute Gasteiger partial charge is 0.304 e. The van der Waals surface area contributed by atoms with Gasteiger partial charge in [0.1, 0.15) is 0 Å². The number of alkyl halides is 1. The zero-order chi connectivity index (χ0) is 13.7. The van der Waals surface area contributed by atoms with Gasteiger partial charge in [-0.15, -0.1) is 11.6 Å². The summed E-state index contributed by atoms with van der Waals surface area (Å²) in [4.78, 5) is 16.7. The summed E-state index contributed by atoms with van der Waals surface area (Å²) in [5.41, 5.74) is 1.99. The van der Waals surface area contributed by atoms with E-state index in [1.165, 1.54) is 5.56 Å². The number of hydrogen-bond acceptors (Lipinski definition) is 3. The van der Waals surface area contributed by atoms with Crippen molar-refractivity contribution in [2.75, 3.05) is 45.7 Å². The van der Waals surface area contributed by atoms with Crippen molar-refractivity contribution >= 4 is 17.4 Å². The standard InChI is InChI=1S/C15H21ClN2O/c1-17-8-10-18(11-9-17)12-15(19)14-4-2-13(3-5-14)6-7-16/h2-5H,6-12H2,1H3. The van der Waals surface area contributed by atoms with Crippen molar-refractivity contribution in [1.29, 1.82) is 0 Å². The summed E-state index contributed by atoms with van der Waals surface area (Å²) in [5.74, 6) is 0.830. The van der Waals surface area contributed by atoms with Crippen molar-refractivity contribution in [3.8, 4) is 0 Å². The number of Topliss-reactive ketones (excluding diaryl/α,β-unsaturated/α-hetero) is 1. The molecule has 1 aromatic carbocycles. The highest BCUT2D eigenvalue weighted by atomic mass is 35.5. The number of rotatable bonds is 5. The monoisotopic (exact) mass is 280 g/mol. The minimum atomic E-state index is 0.210. The van der Waals surface area contributed by atoms with E-state index < -0.39 is 0 Å². The molecular weight excluding hydrogens is 260 g/mol. The summed E-state index contributed by atoms with van der Waals surface area (Å²) in [6, 6.07) is 7.83. The van der Waals surface area contributed by atoms with Gasteiger partial charge < -0.3 is 4.90 Å². The average molecular weight is 281 g/mol. The Morgan fingerprint density at radius 1 is 1.16 bits per heavy atom. The van der Waals surface area contributed by atoms with E-state index in [0.717, 1.165) is 38.2 Å². The summed E-state index contributed by atoms with van der Waals surface area (Å²) >= 11 is 5.70. The van der Waals surface area contributed by atoms with E-state index in [2.05, 4.69) is 16.8 Å². The fourth-order valence-corrected chi connectivity index (χ4v) is 2.48. The lowest BCUT2D eigenvalue weighted by atomic mass is 10.1. The molecule has 1 heterocycles. The Hall–Kier alpha value is -0.900. The van der Waals surface area contributed by atoms with Crippen LogP contribution in [0, 0.1) is 0 Å². The SMILES string of the molecule is CN1CCN(CC(=O)c2ccc(CCCl)cc2)CC1. The van der Waals surface area contributed by atoms with Crippen molar-refractivity contribution in [3.05, 3.63) is 35.4 Å². The molecule has 1 aliphatic rings. The van der Waals surface area contributed by atoms with Crippen LogP contribution in [0.1, 0.15) is 15.9 Å². The van der Waals surface area contributed by atoms with Crippen LogP contribution in [0.4, 0.5) is 0 Å². The van der Waals surface area contributed by atoms with E-state index in [-0.39, 0.29) is 5.78 Å². The topological polar surface area (TPSA) is 23.6 Å². The first-order valence-corrected chi connectivity index (χ1v) is 7.31. The lowest BCUT2D eigenvalue weighted by Crippen LogP contribution is -2.46. The fraction of sp³-hybridized carbons (Fsp3) is 0.533. The maximum Gasteiger partial charge on any atom is 0.176 e. The third kappa shape index (κ3) is 4.30. The number of benzene rings is 1. The molecule has 104 valence electrons. The van der Waals surface area contributed by atoms with Gasteiger partial charge in [0.2, 0.25) is 0 Å². The van der Waals surface area contributed by atoms with Crippen LogP contribution in [-0.4, -0.2) is 61.2 Å². The van der Waals surface area contributed by atoms with Crippen molar-refractivity contribution in [2.45, 2.75) is 6.42 Å². The third-order valence-corrected chi connectivity index (χ3v) is 3.81. The van der Waals surface area contributed by atoms with Gasteiger partial charge in [0.15, 0.2) is 5.78 Å². The van der Waals surface area contributed by atoms with Crippen LogP contribution in [0.15, 0.2) is 24.3 Å². The Bertz CT molecular complexity index is 411. The molecular formula is C15H21ClN2O. The summed E-state index contributed by atoms with van der Waals surface area (Å²) in [6.45, 7) is 4.58. The van der Waals surface area contributed by atoms with Crippen LogP contribution in [0.25, 0.3) is 0 Å². The van der Waals surface area contributed by atoms with Crippen LogP contribution < -0.4 is 0 Å². The van der Waals surface area contributed by atoms with Crippen LogP contribution in [0.3, 0.4) is 0 Å². The zero-order valence-electron chi connectivity index (χ0n) is 11.4. The highest BCUT2D eigenvalue weighted by Gasteiger charge is 2.17. The zero-order valence-corrected chi connectivity index (χ0v) is 12.2. The molecule has 1 aliphatic heterocycles. The van der Waals surface area contributed by atoms with E-state index >= 15 is 0 Å². The Kier molecular flexibility index (Phi) is 5.37. The second-order valence-electron chi connectivity index (χ2n) is 5.14. The van der Waals surface area contributed by atoms with E-state index in [1.807, 2.05) is 24.3 Å². The van der Waals surface area contributed by atoms with Crippen LogP contribution >= 0.6 is 11.6 Å². The molecule has 0 radical (unpaired) electrons. The molecule has 0 amide bonds. The smallest absolute Gasteiger partial charge is 0.176 e. The highest BCUT2D eigenvalue weighted by molar-refractivity contribution is 6.18. The highest BCUT2D eigenvalue weighted by Crippen LogP contribution is 2.08. The average Bonchev–Trinajstić information content (AvgIpc) is 2.42. The number of carbonyl (C=O) groups is 1. The number of halogens is 1. The van der Waals surface area contributed by atoms with Gasteiger partial charge in [0.25, 0.3) is 0 Å². The van der Waals surface area contributed by atoms with Gasteiger partial charge >= 0.3 is 0 Å². The van der Waals surface area contributed by atoms with Crippen molar-refractivity contribution in [2.24, 2.45) is 0 Å². The van der Waals surface area contributed by atoms with Gasteiger partial charge in [-0.25, -0.2) is 0 Å². The molecule has 19 heavy (non-hydrogen) atoms. The van der Waals surface area contributed by atoms with Gasteiger partial charge in [-0.2, -0.15) is 0 Å². The molecule has 1 fully saturated rings. The van der Waals surface area contributed by atoms with Gasteiger partial charge in [-0.05, 0) is 19.0 Å². The van der Waals surface area contributed by atoms with Gasteiger partial charge in [-0.1, -0.05) is 24.3 Å². The number of aryl methyl sites for hydroxylation is 1. The summed E-state index contributed by atoms with van der Waals surface area (Å²) < 4.78 is 0. The number of ketones is 1. The van der Waals surface area contributed by atoms with Crippen LogP contribution in [0.5, 0.6) is 0 Å². The second-order valence-corrected chi connectivity index (χ2v) is 5.52. The van der Waals surface area contributed by atoms with Gasteiger partial charge in [-0.3, -0.25) is 9.69 Å². The molecule has 0 unspecified atom stereocenters. The van der Waals surface area contributed by atoms with Crippen molar-refractivity contribution in [1.82, 2.24) is 9.80 Å². The molecule has 1 aromatic rings. The summed E-state index contributed by atoms with van der Waals surface area (Å²) in [7, 11) is 2.12. The van der Waals surface area contributed by atoms with Gasteiger partial charge in [0, 0.05) is 37.6 Å². The maximum absolute atomic E-state index is 12.2. The Morgan fingerprint density at radius 3 is 2.37 bits per heavy atom.